The molecular weight excluding hydrogens is 333 g/mol. The summed E-state index contributed by atoms with van der Waals surface area (Å²) in [7, 11) is 0. The molecular formula is C16H11Cl2N5. The number of pyridine rings is 1. The highest BCUT2D eigenvalue weighted by Gasteiger charge is 2.12. The molecule has 0 saturated heterocycles. The Hall–Kier alpha value is -2.37. The summed E-state index contributed by atoms with van der Waals surface area (Å²) >= 11 is 12.3. The van der Waals surface area contributed by atoms with Gasteiger partial charge in [0, 0.05) is 0 Å². The van der Waals surface area contributed by atoms with E-state index in [0.717, 1.165) is 16.8 Å². The highest BCUT2D eigenvalue weighted by molar-refractivity contribution is 6.33. The second-order valence-electron chi connectivity index (χ2n) is 5.14. The molecule has 3 heterocycles. The Morgan fingerprint density at radius 3 is 2.78 bits per heavy atom. The molecule has 0 saturated carbocycles. The Labute approximate surface area is 141 Å². The normalized spacial score (nSPS) is 11.3. The van der Waals surface area contributed by atoms with Crippen LogP contribution in [0.5, 0.6) is 0 Å². The molecule has 0 amide bonds. The fourth-order valence-electron chi connectivity index (χ4n) is 2.50. The second-order valence-corrected chi connectivity index (χ2v) is 5.94. The van der Waals surface area contributed by atoms with E-state index in [9.17, 15) is 0 Å². The lowest BCUT2D eigenvalue weighted by atomic mass is 10.2. The third-order valence-electron chi connectivity index (χ3n) is 3.63. The highest BCUT2D eigenvalue weighted by atomic mass is 35.5. The first-order valence-electron chi connectivity index (χ1n) is 6.94. The number of hydrogen-bond acceptors (Lipinski definition) is 4. The van der Waals surface area contributed by atoms with Crippen molar-refractivity contribution in [1.29, 1.82) is 0 Å². The smallest absolute Gasteiger partial charge is 0.166 e. The van der Waals surface area contributed by atoms with Crippen LogP contribution < -0.4 is 5.32 Å². The number of hydrogen-bond donors (Lipinski definition) is 1. The summed E-state index contributed by atoms with van der Waals surface area (Å²) in [5.41, 5.74) is 4.03. The maximum Gasteiger partial charge on any atom is 0.166 e. The average Bonchev–Trinajstić information content (AvgIpc) is 3.01. The first kappa shape index (κ1) is 14.2. The molecule has 0 bridgehead atoms. The van der Waals surface area contributed by atoms with Gasteiger partial charge in [-0.3, -0.25) is 4.40 Å². The lowest BCUT2D eigenvalue weighted by Gasteiger charge is -2.13. The predicted octanol–water partition coefficient (Wildman–Crippen LogP) is 4.64. The van der Waals surface area contributed by atoms with E-state index >= 15 is 0 Å². The Morgan fingerprint density at radius 1 is 1.09 bits per heavy atom. The van der Waals surface area contributed by atoms with Gasteiger partial charge < -0.3 is 5.32 Å². The Bertz CT molecular complexity index is 1020. The van der Waals surface area contributed by atoms with Gasteiger partial charge in [-0.15, -0.1) is 0 Å². The zero-order chi connectivity index (χ0) is 16.0. The van der Waals surface area contributed by atoms with Crippen molar-refractivity contribution in [3.05, 3.63) is 58.6 Å². The fourth-order valence-corrected chi connectivity index (χ4v) is 2.91. The molecule has 0 aliphatic carbocycles. The summed E-state index contributed by atoms with van der Waals surface area (Å²) < 4.78 is 1.85. The maximum absolute atomic E-state index is 6.30. The van der Waals surface area contributed by atoms with Crippen LogP contribution in [-0.4, -0.2) is 19.4 Å². The van der Waals surface area contributed by atoms with Crippen molar-refractivity contribution in [2.45, 2.75) is 6.92 Å². The number of benzene rings is 1. The van der Waals surface area contributed by atoms with Crippen LogP contribution in [0.2, 0.25) is 10.2 Å². The molecule has 23 heavy (non-hydrogen) atoms. The van der Waals surface area contributed by atoms with Gasteiger partial charge in [0.1, 0.15) is 22.5 Å². The zero-order valence-corrected chi connectivity index (χ0v) is 13.6. The number of fused-ring (bicyclic) bond motifs is 3. The minimum atomic E-state index is 0.414. The molecule has 5 nitrogen and oxygen atoms in total. The van der Waals surface area contributed by atoms with Gasteiger partial charge in [0.05, 0.1) is 16.9 Å². The summed E-state index contributed by atoms with van der Waals surface area (Å²) in [6.45, 7) is 1.99. The minimum absolute atomic E-state index is 0.414. The van der Waals surface area contributed by atoms with Crippen molar-refractivity contribution in [2.75, 3.05) is 5.32 Å². The molecule has 0 fully saturated rings. The number of rotatable bonds is 2. The van der Waals surface area contributed by atoms with E-state index in [1.165, 1.54) is 0 Å². The van der Waals surface area contributed by atoms with Crippen LogP contribution in [0, 0.1) is 6.92 Å². The van der Waals surface area contributed by atoms with Gasteiger partial charge >= 0.3 is 0 Å². The standard InChI is InChI=1S/C16H11Cl2N5/c1-9-3-2-4-10(17)14(9)22-15-12-7-19-8-23(12)16-11(20-15)5-6-13(18)21-16/h2-8H,1H3,(H,20,22). The Balaban J connectivity index is 1.96. The molecule has 0 spiro atoms. The minimum Gasteiger partial charge on any atom is -0.337 e. The summed E-state index contributed by atoms with van der Waals surface area (Å²) in [5, 5.41) is 4.36. The van der Waals surface area contributed by atoms with E-state index in [0.29, 0.717) is 27.2 Å². The summed E-state index contributed by atoms with van der Waals surface area (Å²) in [4.78, 5) is 13.2. The van der Waals surface area contributed by atoms with Crippen molar-refractivity contribution in [3.8, 4) is 0 Å². The summed E-state index contributed by atoms with van der Waals surface area (Å²) in [6.07, 6.45) is 3.41. The van der Waals surface area contributed by atoms with E-state index in [-0.39, 0.29) is 0 Å². The first-order valence-corrected chi connectivity index (χ1v) is 7.69. The van der Waals surface area contributed by atoms with E-state index < -0.39 is 0 Å². The van der Waals surface area contributed by atoms with Crippen molar-refractivity contribution in [2.24, 2.45) is 0 Å². The second kappa shape index (κ2) is 5.37. The van der Waals surface area contributed by atoms with Crippen LogP contribution in [0.4, 0.5) is 11.5 Å². The van der Waals surface area contributed by atoms with Gasteiger partial charge in [0.15, 0.2) is 11.5 Å². The third kappa shape index (κ3) is 2.38. The SMILES string of the molecule is Cc1cccc(Cl)c1Nc1nc2ccc(Cl)nc2n2cncc12. The van der Waals surface area contributed by atoms with Crippen LogP contribution >= 0.6 is 23.2 Å². The quantitative estimate of drug-likeness (QED) is 0.539. The molecule has 4 rings (SSSR count). The van der Waals surface area contributed by atoms with Gasteiger partial charge in [-0.1, -0.05) is 35.3 Å². The van der Waals surface area contributed by atoms with Gasteiger partial charge in [-0.2, -0.15) is 0 Å². The molecule has 1 aromatic carbocycles. The highest BCUT2D eigenvalue weighted by Crippen LogP contribution is 2.30. The molecule has 114 valence electrons. The van der Waals surface area contributed by atoms with Crippen LogP contribution in [-0.2, 0) is 0 Å². The van der Waals surface area contributed by atoms with E-state index in [2.05, 4.69) is 20.3 Å². The van der Waals surface area contributed by atoms with Gasteiger partial charge in [-0.05, 0) is 30.7 Å². The van der Waals surface area contributed by atoms with Crippen LogP contribution in [0.1, 0.15) is 5.56 Å². The van der Waals surface area contributed by atoms with Gasteiger partial charge in [0.2, 0.25) is 0 Å². The number of imidazole rings is 1. The predicted molar refractivity (Wildman–Crippen MR) is 92.8 cm³/mol. The average molecular weight is 344 g/mol. The number of nitrogens with zero attached hydrogens (tertiary/aromatic N) is 4. The zero-order valence-electron chi connectivity index (χ0n) is 12.1. The van der Waals surface area contributed by atoms with E-state index in [1.54, 1.807) is 18.6 Å². The molecule has 3 aromatic heterocycles. The number of aryl methyl sites for hydroxylation is 1. The number of anilines is 2. The first-order chi connectivity index (χ1) is 11.1. The molecule has 0 unspecified atom stereocenters. The van der Waals surface area contributed by atoms with Crippen molar-refractivity contribution < 1.29 is 0 Å². The van der Waals surface area contributed by atoms with Crippen molar-refractivity contribution in [3.63, 3.8) is 0 Å². The largest absolute Gasteiger partial charge is 0.337 e. The number of aromatic nitrogens is 4. The van der Waals surface area contributed by atoms with Gasteiger partial charge in [-0.25, -0.2) is 15.0 Å². The molecule has 0 radical (unpaired) electrons. The Morgan fingerprint density at radius 2 is 1.96 bits per heavy atom. The molecule has 1 N–H and O–H groups in total. The molecule has 7 heteroatoms. The topological polar surface area (TPSA) is 55.1 Å². The molecule has 0 atom stereocenters. The monoisotopic (exact) mass is 343 g/mol. The summed E-state index contributed by atoms with van der Waals surface area (Å²) in [5.74, 6) is 0.662. The summed E-state index contributed by atoms with van der Waals surface area (Å²) in [6, 6.07) is 9.28. The van der Waals surface area contributed by atoms with Crippen molar-refractivity contribution in [1.82, 2.24) is 19.4 Å². The lowest BCUT2D eigenvalue weighted by Crippen LogP contribution is -2.02. The number of nitrogens with one attached hydrogen (secondary N) is 1. The van der Waals surface area contributed by atoms with E-state index in [1.807, 2.05) is 35.6 Å². The number of halogens is 2. The molecule has 0 aliphatic heterocycles. The lowest BCUT2D eigenvalue weighted by molar-refractivity contribution is 1.14. The number of para-hydroxylation sites is 1. The van der Waals surface area contributed by atoms with Gasteiger partial charge in [0.25, 0.3) is 0 Å². The third-order valence-corrected chi connectivity index (χ3v) is 4.15. The Kier molecular flexibility index (Phi) is 3.32. The van der Waals surface area contributed by atoms with Crippen LogP contribution in [0.15, 0.2) is 42.9 Å². The van der Waals surface area contributed by atoms with Crippen LogP contribution in [0.25, 0.3) is 16.7 Å². The fraction of sp³-hybridized carbons (Fsp3) is 0.0625. The van der Waals surface area contributed by atoms with Crippen molar-refractivity contribution >= 4 is 51.4 Å². The molecule has 4 aromatic rings. The molecule has 0 aliphatic rings. The maximum atomic E-state index is 6.30. The van der Waals surface area contributed by atoms with E-state index in [4.69, 9.17) is 23.2 Å². The van der Waals surface area contributed by atoms with Crippen LogP contribution in [0.3, 0.4) is 0 Å².